The van der Waals surface area contributed by atoms with Gasteiger partial charge in [-0.05, 0) is 18.1 Å². The van der Waals surface area contributed by atoms with Crippen molar-refractivity contribution >= 4 is 0 Å². The lowest BCUT2D eigenvalue weighted by Gasteiger charge is -2.45. The van der Waals surface area contributed by atoms with Gasteiger partial charge in [0, 0.05) is 0 Å². The number of aliphatic hydroxyl groups is 3. The van der Waals surface area contributed by atoms with Crippen molar-refractivity contribution in [3.63, 3.8) is 0 Å². The molecule has 1 aliphatic rings. The highest BCUT2D eigenvalue weighted by molar-refractivity contribution is 5.15. The maximum atomic E-state index is 10.9. The normalized spacial score (nSPS) is 29.3. The van der Waals surface area contributed by atoms with Crippen LogP contribution >= 0.6 is 0 Å². The van der Waals surface area contributed by atoms with E-state index in [-0.39, 0.29) is 19.8 Å². The largest absolute Gasteiger partial charge is 0.387 e. The number of ether oxygens (including phenoxy) is 3. The van der Waals surface area contributed by atoms with E-state index in [0.29, 0.717) is 0 Å². The second-order valence-corrected chi connectivity index (χ2v) is 7.36. The third-order valence-corrected chi connectivity index (χ3v) is 5.21. The van der Waals surface area contributed by atoms with Gasteiger partial charge in [-0.25, -0.2) is 0 Å². The molecule has 1 fully saturated rings. The van der Waals surface area contributed by atoms with Crippen LogP contribution in [-0.2, 0) is 27.4 Å². The molecule has 0 amide bonds. The zero-order valence-electron chi connectivity index (χ0n) is 17.1. The monoisotopic (exact) mass is 414 g/mol. The van der Waals surface area contributed by atoms with Crippen molar-refractivity contribution in [3.8, 4) is 0 Å². The lowest BCUT2D eigenvalue weighted by Crippen LogP contribution is -2.65. The molecule has 0 aliphatic heterocycles. The van der Waals surface area contributed by atoms with Crippen molar-refractivity contribution in [1.29, 1.82) is 0 Å². The summed E-state index contributed by atoms with van der Waals surface area (Å²) in [6.07, 6.45) is -2.88. The number of hydrogen-bond acceptors (Lipinski definition) is 6. The quantitative estimate of drug-likeness (QED) is 0.546. The molecule has 0 bridgehead atoms. The molecule has 0 spiro atoms. The highest BCUT2D eigenvalue weighted by atomic mass is 16.6. The van der Waals surface area contributed by atoms with Gasteiger partial charge in [-0.2, -0.15) is 0 Å². The van der Waals surface area contributed by atoms with Gasteiger partial charge < -0.3 is 29.5 Å². The first-order chi connectivity index (χ1) is 14.6. The molecule has 6 heteroatoms. The van der Waals surface area contributed by atoms with Gasteiger partial charge in [0.1, 0.15) is 36.6 Å². The molecule has 1 aliphatic carbocycles. The lowest BCUT2D eigenvalue weighted by atomic mass is 9.84. The summed E-state index contributed by atoms with van der Waals surface area (Å²) < 4.78 is 17.5. The highest BCUT2D eigenvalue weighted by Crippen LogP contribution is 2.29. The van der Waals surface area contributed by atoms with Crippen molar-refractivity contribution in [2.24, 2.45) is 0 Å². The lowest BCUT2D eigenvalue weighted by molar-refractivity contribution is -0.258. The molecule has 162 valence electrons. The van der Waals surface area contributed by atoms with Crippen LogP contribution < -0.4 is 0 Å². The fourth-order valence-electron chi connectivity index (χ4n) is 3.55. The van der Waals surface area contributed by atoms with Gasteiger partial charge in [-0.1, -0.05) is 72.8 Å². The van der Waals surface area contributed by atoms with Crippen LogP contribution in [0.3, 0.4) is 0 Å². The van der Waals surface area contributed by atoms with Crippen LogP contribution in [0.25, 0.3) is 0 Å². The minimum Gasteiger partial charge on any atom is -0.387 e. The summed E-state index contributed by atoms with van der Waals surface area (Å²) >= 11 is 0. The van der Waals surface area contributed by atoms with Crippen LogP contribution in [0.5, 0.6) is 0 Å². The number of benzene rings is 2. The fraction of sp³-hybridized carbons (Fsp3) is 0.417. The Morgan fingerprint density at radius 3 is 1.67 bits per heavy atom. The maximum absolute atomic E-state index is 10.9. The van der Waals surface area contributed by atoms with Crippen LogP contribution in [0.1, 0.15) is 18.1 Å². The van der Waals surface area contributed by atoms with Gasteiger partial charge in [-0.3, -0.25) is 0 Å². The smallest absolute Gasteiger partial charge is 0.115 e. The molecule has 30 heavy (non-hydrogen) atoms. The molecule has 2 aromatic rings. The van der Waals surface area contributed by atoms with Crippen molar-refractivity contribution in [1.82, 2.24) is 0 Å². The van der Waals surface area contributed by atoms with Crippen molar-refractivity contribution in [2.45, 2.75) is 56.8 Å². The Morgan fingerprint density at radius 2 is 1.13 bits per heavy atom. The number of hydrogen-bond donors (Lipinski definition) is 3. The predicted octanol–water partition coefficient (Wildman–Crippen LogP) is 2.21. The molecular weight excluding hydrogens is 384 g/mol. The van der Waals surface area contributed by atoms with Crippen LogP contribution in [0.2, 0.25) is 0 Å². The topological polar surface area (TPSA) is 88.4 Å². The Kier molecular flexibility index (Phi) is 8.57. The first-order valence-corrected chi connectivity index (χ1v) is 10.2. The van der Waals surface area contributed by atoms with Crippen LogP contribution in [0.15, 0.2) is 72.8 Å². The Morgan fingerprint density at radius 1 is 0.667 bits per heavy atom. The molecule has 1 saturated carbocycles. The van der Waals surface area contributed by atoms with E-state index in [4.69, 9.17) is 14.2 Å². The molecule has 0 unspecified atom stereocenters. The van der Waals surface area contributed by atoms with E-state index in [1.54, 1.807) is 6.08 Å². The molecule has 0 heterocycles. The van der Waals surface area contributed by atoms with Crippen LogP contribution in [0.4, 0.5) is 0 Å². The maximum Gasteiger partial charge on any atom is 0.115 e. The number of aliphatic hydroxyl groups excluding tert-OH is 3. The minimum absolute atomic E-state index is 0.198. The van der Waals surface area contributed by atoms with E-state index in [9.17, 15) is 15.3 Å². The molecule has 0 radical (unpaired) electrons. The summed E-state index contributed by atoms with van der Waals surface area (Å²) in [7, 11) is 0. The summed E-state index contributed by atoms with van der Waals surface area (Å²) in [5.74, 6) is 0. The zero-order chi connectivity index (χ0) is 21.3. The van der Waals surface area contributed by atoms with Crippen LogP contribution in [-0.4, -0.2) is 58.6 Å². The molecule has 3 rings (SSSR count). The molecule has 6 atom stereocenters. The standard InChI is InChI=1S/C24H30O6/c1-2-3-14-28-24-21(27)22(29-15-17-10-6-4-7-11-17)19(25)20(26)23(24)30-16-18-12-8-5-9-13-18/h2-13,19-27H,14-16H2,1H3/b3-2+/t19-,20-,21+,22+,23+,24+/m0/s1. The summed E-state index contributed by atoms with van der Waals surface area (Å²) in [4.78, 5) is 0. The van der Waals surface area contributed by atoms with Crippen LogP contribution in [0, 0.1) is 0 Å². The molecule has 0 saturated heterocycles. The molecule has 6 nitrogen and oxygen atoms in total. The summed E-state index contributed by atoms with van der Waals surface area (Å²) in [6, 6.07) is 19.0. The van der Waals surface area contributed by atoms with E-state index >= 15 is 0 Å². The van der Waals surface area contributed by atoms with E-state index < -0.39 is 36.6 Å². The first-order valence-electron chi connectivity index (χ1n) is 10.2. The molecular formula is C24H30O6. The molecule has 2 aromatic carbocycles. The second kappa shape index (κ2) is 11.4. The zero-order valence-corrected chi connectivity index (χ0v) is 17.1. The highest BCUT2D eigenvalue weighted by Gasteiger charge is 2.51. The minimum atomic E-state index is -1.31. The third-order valence-electron chi connectivity index (χ3n) is 5.21. The molecule has 3 N–H and O–H groups in total. The Labute approximate surface area is 177 Å². The predicted molar refractivity (Wildman–Crippen MR) is 113 cm³/mol. The second-order valence-electron chi connectivity index (χ2n) is 7.36. The van der Waals surface area contributed by atoms with Crippen molar-refractivity contribution in [3.05, 3.63) is 83.9 Å². The van der Waals surface area contributed by atoms with Crippen molar-refractivity contribution < 1.29 is 29.5 Å². The summed E-state index contributed by atoms with van der Waals surface area (Å²) in [5, 5.41) is 32.4. The first kappa shape index (κ1) is 22.6. The Balaban J connectivity index is 1.72. The summed E-state index contributed by atoms with van der Waals surface area (Å²) in [6.45, 7) is 2.54. The van der Waals surface area contributed by atoms with E-state index in [2.05, 4.69) is 0 Å². The van der Waals surface area contributed by atoms with E-state index in [1.165, 1.54) is 0 Å². The van der Waals surface area contributed by atoms with Crippen molar-refractivity contribution in [2.75, 3.05) is 6.61 Å². The number of allylic oxidation sites excluding steroid dienone is 1. The summed E-state index contributed by atoms with van der Waals surface area (Å²) in [5.41, 5.74) is 1.82. The van der Waals surface area contributed by atoms with Gasteiger partial charge in [0.25, 0.3) is 0 Å². The van der Waals surface area contributed by atoms with Gasteiger partial charge in [0.2, 0.25) is 0 Å². The van der Waals surface area contributed by atoms with Gasteiger partial charge in [0.05, 0.1) is 19.8 Å². The van der Waals surface area contributed by atoms with E-state index in [0.717, 1.165) is 11.1 Å². The van der Waals surface area contributed by atoms with Gasteiger partial charge >= 0.3 is 0 Å². The Bertz CT molecular complexity index is 766. The average Bonchev–Trinajstić information content (AvgIpc) is 2.78. The van der Waals surface area contributed by atoms with E-state index in [1.807, 2.05) is 73.7 Å². The number of rotatable bonds is 9. The van der Waals surface area contributed by atoms with Gasteiger partial charge in [-0.15, -0.1) is 0 Å². The molecule has 0 aromatic heterocycles. The third kappa shape index (κ3) is 5.76. The average molecular weight is 414 g/mol. The fourth-order valence-corrected chi connectivity index (χ4v) is 3.55. The SMILES string of the molecule is C/C=C/CO[C@@H]1[C@H](O)[C@H](OCc2ccccc2)[C@@H](O)[C@H](O)[C@H]1OCc1ccccc1. The Hall–Kier alpha value is -2.06. The van der Waals surface area contributed by atoms with Gasteiger partial charge in [0.15, 0.2) is 0 Å².